The summed E-state index contributed by atoms with van der Waals surface area (Å²) in [4.78, 5) is 12.3. The fourth-order valence-electron chi connectivity index (χ4n) is 2.41. The van der Waals surface area contributed by atoms with Gasteiger partial charge in [-0.25, -0.2) is 0 Å². The van der Waals surface area contributed by atoms with Gasteiger partial charge in [0.25, 0.3) is 5.91 Å². The van der Waals surface area contributed by atoms with Crippen molar-refractivity contribution in [2.24, 2.45) is 0 Å². The lowest BCUT2D eigenvalue weighted by atomic mass is 10.0. The van der Waals surface area contributed by atoms with E-state index >= 15 is 0 Å². The monoisotopic (exact) mass is 294 g/mol. The van der Waals surface area contributed by atoms with Gasteiger partial charge in [-0.1, -0.05) is 0 Å². The highest BCUT2D eigenvalue weighted by Gasteiger charge is 2.30. The van der Waals surface area contributed by atoms with E-state index in [0.29, 0.717) is 29.3 Å². The lowest BCUT2D eigenvalue weighted by molar-refractivity contribution is 0.0206. The van der Waals surface area contributed by atoms with Gasteiger partial charge in [-0.3, -0.25) is 4.79 Å². The Morgan fingerprint density at radius 1 is 1.43 bits per heavy atom. The molecular formula is C15H22N2O4. The quantitative estimate of drug-likeness (QED) is 0.806. The Balaban J connectivity index is 2.14. The summed E-state index contributed by atoms with van der Waals surface area (Å²) in [6, 6.07) is 3.25. The zero-order chi connectivity index (χ0) is 15.5. The Morgan fingerprint density at radius 3 is 2.76 bits per heavy atom. The third-order valence-electron chi connectivity index (χ3n) is 3.74. The second-order valence-corrected chi connectivity index (χ2v) is 5.38. The van der Waals surface area contributed by atoms with Crippen molar-refractivity contribution in [1.82, 2.24) is 5.32 Å². The molecule has 0 aromatic heterocycles. The smallest absolute Gasteiger partial charge is 0.253 e. The summed E-state index contributed by atoms with van der Waals surface area (Å²) < 4.78 is 16.0. The van der Waals surface area contributed by atoms with E-state index in [1.54, 1.807) is 12.1 Å². The van der Waals surface area contributed by atoms with Crippen LogP contribution in [0.25, 0.3) is 0 Å². The summed E-state index contributed by atoms with van der Waals surface area (Å²) in [5, 5.41) is 2.87. The molecule has 1 heterocycles. The van der Waals surface area contributed by atoms with Crippen LogP contribution < -0.4 is 20.5 Å². The minimum atomic E-state index is -0.298. The Labute approximate surface area is 124 Å². The van der Waals surface area contributed by atoms with Crippen LogP contribution in [0.3, 0.4) is 0 Å². The minimum absolute atomic E-state index is 0.263. The molecule has 6 heteroatoms. The predicted octanol–water partition coefficient (Wildman–Crippen LogP) is 1.58. The van der Waals surface area contributed by atoms with Crippen LogP contribution in [0.1, 0.15) is 30.1 Å². The van der Waals surface area contributed by atoms with Crippen molar-refractivity contribution in [3.05, 3.63) is 17.7 Å². The SMILES string of the molecule is COc1cc(OC)c(N)c(C(=O)NCC2(C)CCCO2)c1. The van der Waals surface area contributed by atoms with Crippen LogP contribution in [-0.2, 0) is 4.74 Å². The van der Waals surface area contributed by atoms with Crippen molar-refractivity contribution in [2.75, 3.05) is 33.1 Å². The molecule has 2 rings (SSSR count). The molecule has 0 aliphatic carbocycles. The van der Waals surface area contributed by atoms with Crippen LogP contribution in [0.2, 0.25) is 0 Å². The lowest BCUT2D eigenvalue weighted by Gasteiger charge is -2.23. The molecule has 1 unspecified atom stereocenters. The normalized spacial score (nSPS) is 21.1. The topological polar surface area (TPSA) is 82.8 Å². The fraction of sp³-hybridized carbons (Fsp3) is 0.533. The molecular weight excluding hydrogens is 272 g/mol. The van der Waals surface area contributed by atoms with Crippen LogP contribution in [0.15, 0.2) is 12.1 Å². The van der Waals surface area contributed by atoms with Gasteiger partial charge in [-0.2, -0.15) is 0 Å². The molecule has 0 radical (unpaired) electrons. The second-order valence-electron chi connectivity index (χ2n) is 5.38. The number of methoxy groups -OCH3 is 2. The lowest BCUT2D eigenvalue weighted by Crippen LogP contribution is -2.40. The summed E-state index contributed by atoms with van der Waals surface area (Å²) in [5.74, 6) is 0.679. The van der Waals surface area contributed by atoms with Crippen molar-refractivity contribution in [2.45, 2.75) is 25.4 Å². The zero-order valence-electron chi connectivity index (χ0n) is 12.7. The molecule has 1 aromatic rings. The molecule has 1 amide bonds. The Hall–Kier alpha value is -1.95. The standard InChI is InChI=1S/C15H22N2O4/c1-15(5-4-6-21-15)9-17-14(18)11-7-10(19-2)8-12(20-3)13(11)16/h7-8H,4-6,9,16H2,1-3H3,(H,17,18). The molecule has 1 aliphatic heterocycles. The number of rotatable bonds is 5. The Morgan fingerprint density at radius 2 is 2.19 bits per heavy atom. The number of nitrogens with one attached hydrogen (secondary N) is 1. The highest BCUT2D eigenvalue weighted by Crippen LogP contribution is 2.31. The van der Waals surface area contributed by atoms with Crippen molar-refractivity contribution in [3.8, 4) is 11.5 Å². The van der Waals surface area contributed by atoms with E-state index in [1.165, 1.54) is 14.2 Å². The Bertz CT molecular complexity index is 525. The minimum Gasteiger partial charge on any atom is -0.497 e. The summed E-state index contributed by atoms with van der Waals surface area (Å²) in [5.41, 5.74) is 6.30. The summed E-state index contributed by atoms with van der Waals surface area (Å²) >= 11 is 0. The first-order valence-electron chi connectivity index (χ1n) is 6.93. The molecule has 0 bridgehead atoms. The molecule has 1 saturated heterocycles. The third-order valence-corrected chi connectivity index (χ3v) is 3.74. The van der Waals surface area contributed by atoms with Gasteiger partial charge >= 0.3 is 0 Å². The van der Waals surface area contributed by atoms with Gasteiger partial charge in [-0.15, -0.1) is 0 Å². The maximum atomic E-state index is 12.3. The van der Waals surface area contributed by atoms with Crippen LogP contribution in [0, 0.1) is 0 Å². The summed E-state index contributed by atoms with van der Waals surface area (Å²) in [6.07, 6.45) is 1.95. The third kappa shape index (κ3) is 3.39. The number of hydrogen-bond donors (Lipinski definition) is 2. The molecule has 116 valence electrons. The summed E-state index contributed by atoms with van der Waals surface area (Å²) in [6.45, 7) is 3.18. The van der Waals surface area contributed by atoms with Gasteiger partial charge in [0.2, 0.25) is 0 Å². The van der Waals surface area contributed by atoms with Crippen LogP contribution in [0.4, 0.5) is 5.69 Å². The molecule has 0 spiro atoms. The van der Waals surface area contributed by atoms with Crippen LogP contribution >= 0.6 is 0 Å². The van der Waals surface area contributed by atoms with Crippen molar-refractivity contribution >= 4 is 11.6 Å². The van der Waals surface area contributed by atoms with Gasteiger partial charge in [0.15, 0.2) is 0 Å². The first-order valence-corrected chi connectivity index (χ1v) is 6.93. The van der Waals surface area contributed by atoms with Gasteiger partial charge in [0, 0.05) is 19.2 Å². The van der Waals surface area contributed by atoms with E-state index in [-0.39, 0.29) is 11.5 Å². The van der Waals surface area contributed by atoms with E-state index in [0.717, 1.165) is 19.4 Å². The number of amides is 1. The van der Waals surface area contributed by atoms with E-state index in [9.17, 15) is 4.79 Å². The fourth-order valence-corrected chi connectivity index (χ4v) is 2.41. The highest BCUT2D eigenvalue weighted by molar-refractivity contribution is 6.01. The van der Waals surface area contributed by atoms with E-state index < -0.39 is 0 Å². The molecule has 1 atom stereocenters. The van der Waals surface area contributed by atoms with Crippen molar-refractivity contribution in [1.29, 1.82) is 0 Å². The molecule has 6 nitrogen and oxygen atoms in total. The van der Waals surface area contributed by atoms with E-state index in [4.69, 9.17) is 19.9 Å². The Kier molecular flexibility index (Phi) is 4.57. The number of hydrogen-bond acceptors (Lipinski definition) is 5. The average molecular weight is 294 g/mol. The largest absolute Gasteiger partial charge is 0.497 e. The molecule has 3 N–H and O–H groups in total. The molecule has 21 heavy (non-hydrogen) atoms. The zero-order valence-corrected chi connectivity index (χ0v) is 12.7. The van der Waals surface area contributed by atoms with Gasteiger partial charge in [0.05, 0.1) is 31.1 Å². The number of carbonyl (C=O) groups is 1. The van der Waals surface area contributed by atoms with Gasteiger partial charge in [-0.05, 0) is 25.8 Å². The van der Waals surface area contributed by atoms with Crippen LogP contribution in [0.5, 0.6) is 11.5 Å². The number of ether oxygens (including phenoxy) is 3. The van der Waals surface area contributed by atoms with Gasteiger partial charge in [0.1, 0.15) is 11.5 Å². The number of benzene rings is 1. The predicted molar refractivity (Wildman–Crippen MR) is 79.9 cm³/mol. The van der Waals surface area contributed by atoms with E-state index in [2.05, 4.69) is 5.32 Å². The average Bonchev–Trinajstić information content (AvgIpc) is 2.92. The highest BCUT2D eigenvalue weighted by atomic mass is 16.5. The number of nitrogens with two attached hydrogens (primary N) is 1. The molecule has 0 saturated carbocycles. The first-order chi connectivity index (χ1) is 9.99. The van der Waals surface area contributed by atoms with Crippen LogP contribution in [-0.4, -0.2) is 38.9 Å². The van der Waals surface area contributed by atoms with Gasteiger partial charge < -0.3 is 25.3 Å². The maximum Gasteiger partial charge on any atom is 0.253 e. The molecule has 1 fully saturated rings. The maximum absolute atomic E-state index is 12.3. The number of carbonyl (C=O) groups excluding carboxylic acids is 1. The van der Waals surface area contributed by atoms with Crippen molar-refractivity contribution < 1.29 is 19.0 Å². The number of nitrogen functional groups attached to an aromatic ring is 1. The molecule has 1 aromatic carbocycles. The second kappa shape index (κ2) is 6.22. The first kappa shape index (κ1) is 15.4. The van der Waals surface area contributed by atoms with Crippen molar-refractivity contribution in [3.63, 3.8) is 0 Å². The number of anilines is 1. The molecule has 1 aliphatic rings. The summed E-state index contributed by atoms with van der Waals surface area (Å²) in [7, 11) is 3.03. The van der Waals surface area contributed by atoms with E-state index in [1.807, 2.05) is 6.92 Å².